The van der Waals surface area contributed by atoms with E-state index < -0.39 is 0 Å². The molecule has 0 saturated heterocycles. The first-order valence-electron chi connectivity index (χ1n) is 4.70. The molecule has 0 atom stereocenters. The molecule has 3 heteroatoms. The van der Waals surface area contributed by atoms with Gasteiger partial charge in [-0.2, -0.15) is 0 Å². The molecule has 2 rings (SSSR count). The van der Waals surface area contributed by atoms with Gasteiger partial charge in [-0.15, -0.1) is 0 Å². The van der Waals surface area contributed by atoms with Crippen LogP contribution in [-0.4, -0.2) is 9.97 Å². The number of fused-ring (bicyclic) bond motifs is 1. The monoisotopic (exact) mass is 187 g/mol. The zero-order valence-electron chi connectivity index (χ0n) is 8.36. The number of pyridine rings is 2. The predicted octanol–water partition coefficient (Wildman–Crippen LogP) is 2.34. The van der Waals surface area contributed by atoms with Gasteiger partial charge in [0, 0.05) is 11.1 Å². The van der Waals surface area contributed by atoms with Gasteiger partial charge in [0.2, 0.25) is 0 Å². The highest BCUT2D eigenvalue weighted by Crippen LogP contribution is 2.16. The first kappa shape index (κ1) is 8.94. The Morgan fingerprint density at radius 1 is 1.07 bits per heavy atom. The van der Waals surface area contributed by atoms with Gasteiger partial charge in [0.1, 0.15) is 5.82 Å². The van der Waals surface area contributed by atoms with E-state index in [-0.39, 0.29) is 0 Å². The van der Waals surface area contributed by atoms with Gasteiger partial charge in [0.15, 0.2) is 5.65 Å². The smallest absolute Gasteiger partial charge is 0.161 e. The van der Waals surface area contributed by atoms with Crippen LogP contribution in [0.3, 0.4) is 0 Å². The molecule has 3 nitrogen and oxygen atoms in total. The lowest BCUT2D eigenvalue weighted by molar-refractivity contribution is 0.828. The normalized spacial score (nSPS) is 11.1. The van der Waals surface area contributed by atoms with Crippen LogP contribution in [0, 0.1) is 0 Å². The van der Waals surface area contributed by atoms with Crippen LogP contribution in [0.15, 0.2) is 24.3 Å². The Hall–Kier alpha value is -1.64. The Kier molecular flexibility index (Phi) is 2.08. The third-order valence-corrected chi connectivity index (χ3v) is 2.19. The molecule has 0 aromatic carbocycles. The van der Waals surface area contributed by atoms with Crippen molar-refractivity contribution in [2.75, 3.05) is 5.73 Å². The van der Waals surface area contributed by atoms with Crippen LogP contribution in [0.2, 0.25) is 0 Å². The summed E-state index contributed by atoms with van der Waals surface area (Å²) in [7, 11) is 0. The summed E-state index contributed by atoms with van der Waals surface area (Å²) in [4.78, 5) is 8.63. The van der Waals surface area contributed by atoms with Crippen molar-refractivity contribution in [3.8, 4) is 0 Å². The van der Waals surface area contributed by atoms with E-state index in [9.17, 15) is 0 Å². The lowest BCUT2D eigenvalue weighted by Crippen LogP contribution is -1.96. The average molecular weight is 187 g/mol. The minimum Gasteiger partial charge on any atom is -0.384 e. The van der Waals surface area contributed by atoms with Gasteiger partial charge in [-0.3, -0.25) is 0 Å². The van der Waals surface area contributed by atoms with Crippen LogP contribution in [0.4, 0.5) is 5.82 Å². The van der Waals surface area contributed by atoms with E-state index in [4.69, 9.17) is 5.73 Å². The van der Waals surface area contributed by atoms with Crippen LogP contribution < -0.4 is 5.73 Å². The minimum atomic E-state index is 0.419. The Bertz CT molecular complexity index is 463. The predicted molar refractivity (Wildman–Crippen MR) is 58.0 cm³/mol. The molecule has 0 aliphatic carbocycles. The summed E-state index contributed by atoms with van der Waals surface area (Å²) in [5.41, 5.74) is 7.38. The molecule has 0 spiro atoms. The van der Waals surface area contributed by atoms with Gasteiger partial charge in [0.25, 0.3) is 0 Å². The van der Waals surface area contributed by atoms with Crippen molar-refractivity contribution < 1.29 is 0 Å². The summed E-state index contributed by atoms with van der Waals surface area (Å²) in [5.74, 6) is 0.938. The van der Waals surface area contributed by atoms with Gasteiger partial charge >= 0.3 is 0 Å². The molecule has 0 radical (unpaired) electrons. The van der Waals surface area contributed by atoms with E-state index in [0.717, 1.165) is 16.7 Å². The van der Waals surface area contributed by atoms with Crippen LogP contribution in [0.5, 0.6) is 0 Å². The topological polar surface area (TPSA) is 51.8 Å². The fourth-order valence-electron chi connectivity index (χ4n) is 1.35. The summed E-state index contributed by atoms with van der Waals surface area (Å²) < 4.78 is 0. The zero-order valence-corrected chi connectivity index (χ0v) is 8.36. The maximum atomic E-state index is 5.60. The number of anilines is 1. The summed E-state index contributed by atoms with van der Waals surface area (Å²) in [6, 6.07) is 7.79. The van der Waals surface area contributed by atoms with Crippen LogP contribution in [0.25, 0.3) is 11.0 Å². The van der Waals surface area contributed by atoms with Gasteiger partial charge in [-0.05, 0) is 30.2 Å². The molecule has 72 valence electrons. The van der Waals surface area contributed by atoms with Gasteiger partial charge in [-0.1, -0.05) is 13.8 Å². The van der Waals surface area contributed by atoms with Crippen molar-refractivity contribution in [1.82, 2.24) is 9.97 Å². The van der Waals surface area contributed by atoms with E-state index in [2.05, 4.69) is 23.8 Å². The van der Waals surface area contributed by atoms with Crippen LogP contribution in [-0.2, 0) is 0 Å². The van der Waals surface area contributed by atoms with E-state index in [1.165, 1.54) is 0 Å². The number of nitrogens with zero attached hydrogens (tertiary/aromatic N) is 2. The molecule has 0 aliphatic rings. The molecular weight excluding hydrogens is 174 g/mol. The molecule has 0 aliphatic heterocycles. The van der Waals surface area contributed by atoms with Crippen molar-refractivity contribution in [3.63, 3.8) is 0 Å². The quantitative estimate of drug-likeness (QED) is 0.745. The zero-order chi connectivity index (χ0) is 10.1. The second-order valence-corrected chi connectivity index (χ2v) is 3.67. The van der Waals surface area contributed by atoms with E-state index in [0.29, 0.717) is 11.7 Å². The molecular formula is C11H13N3. The van der Waals surface area contributed by atoms with E-state index in [1.807, 2.05) is 18.2 Å². The summed E-state index contributed by atoms with van der Waals surface area (Å²) in [6.07, 6.45) is 0. The van der Waals surface area contributed by atoms with Crippen molar-refractivity contribution in [3.05, 3.63) is 30.0 Å². The van der Waals surface area contributed by atoms with Crippen LogP contribution in [0.1, 0.15) is 25.5 Å². The Morgan fingerprint density at radius 3 is 2.50 bits per heavy atom. The van der Waals surface area contributed by atoms with Crippen molar-refractivity contribution >= 4 is 16.9 Å². The van der Waals surface area contributed by atoms with Gasteiger partial charge < -0.3 is 5.73 Å². The second kappa shape index (κ2) is 3.25. The first-order chi connectivity index (χ1) is 6.66. The van der Waals surface area contributed by atoms with Crippen molar-refractivity contribution in [2.24, 2.45) is 0 Å². The molecule has 0 saturated carbocycles. The molecule has 0 unspecified atom stereocenters. The van der Waals surface area contributed by atoms with E-state index >= 15 is 0 Å². The summed E-state index contributed by atoms with van der Waals surface area (Å²) in [5, 5.41) is 1.03. The summed E-state index contributed by atoms with van der Waals surface area (Å²) in [6.45, 7) is 4.22. The third kappa shape index (κ3) is 1.53. The SMILES string of the molecule is CC(C)c1ccc2ccc(N)nc2n1. The number of rotatable bonds is 1. The fourth-order valence-corrected chi connectivity index (χ4v) is 1.35. The second-order valence-electron chi connectivity index (χ2n) is 3.67. The molecule has 2 aromatic rings. The number of nitrogens with two attached hydrogens (primary N) is 1. The molecule has 2 aromatic heterocycles. The first-order valence-corrected chi connectivity index (χ1v) is 4.70. The largest absolute Gasteiger partial charge is 0.384 e. The maximum Gasteiger partial charge on any atom is 0.161 e. The third-order valence-electron chi connectivity index (χ3n) is 2.19. The number of nitrogen functional groups attached to an aromatic ring is 1. The minimum absolute atomic E-state index is 0.419. The number of aromatic nitrogens is 2. The summed E-state index contributed by atoms with van der Waals surface area (Å²) >= 11 is 0. The highest BCUT2D eigenvalue weighted by molar-refractivity contribution is 5.76. The Labute approximate surface area is 83.0 Å². The molecule has 14 heavy (non-hydrogen) atoms. The standard InChI is InChI=1S/C11H13N3/c1-7(2)9-5-3-8-4-6-10(12)14-11(8)13-9/h3-7H,1-2H3,(H2,12,13,14). The average Bonchev–Trinajstić information content (AvgIpc) is 2.16. The lowest BCUT2D eigenvalue weighted by Gasteiger charge is -2.05. The molecule has 2 N–H and O–H groups in total. The van der Waals surface area contributed by atoms with E-state index in [1.54, 1.807) is 6.07 Å². The number of hydrogen-bond acceptors (Lipinski definition) is 3. The molecule has 2 heterocycles. The van der Waals surface area contributed by atoms with Gasteiger partial charge in [-0.25, -0.2) is 9.97 Å². The Balaban J connectivity index is 2.63. The number of hydrogen-bond donors (Lipinski definition) is 1. The van der Waals surface area contributed by atoms with Crippen molar-refractivity contribution in [2.45, 2.75) is 19.8 Å². The molecule has 0 bridgehead atoms. The Morgan fingerprint density at radius 2 is 1.79 bits per heavy atom. The van der Waals surface area contributed by atoms with Crippen molar-refractivity contribution in [1.29, 1.82) is 0 Å². The van der Waals surface area contributed by atoms with Crippen LogP contribution >= 0.6 is 0 Å². The molecule has 0 amide bonds. The highest BCUT2D eigenvalue weighted by atomic mass is 14.9. The highest BCUT2D eigenvalue weighted by Gasteiger charge is 2.03. The maximum absolute atomic E-state index is 5.60. The molecule has 0 fully saturated rings. The van der Waals surface area contributed by atoms with Gasteiger partial charge in [0.05, 0.1) is 0 Å². The lowest BCUT2D eigenvalue weighted by atomic mass is 10.1. The fraction of sp³-hybridized carbons (Fsp3) is 0.273.